The van der Waals surface area contributed by atoms with Gasteiger partial charge in [0.1, 0.15) is 12.4 Å². The Morgan fingerprint density at radius 3 is 2.57 bits per heavy atom. The molecule has 0 aromatic carbocycles. The number of rotatable bonds is 3. The highest BCUT2D eigenvalue weighted by atomic mass is 16.5. The Morgan fingerprint density at radius 1 is 1.13 bits per heavy atom. The molecule has 2 fully saturated rings. The first-order valence-corrected chi connectivity index (χ1v) is 11.3. The second-order valence-corrected chi connectivity index (χ2v) is 10.2. The smallest absolute Gasteiger partial charge is 0.302 e. The van der Waals surface area contributed by atoms with Gasteiger partial charge in [-0.25, -0.2) is 0 Å². The monoisotopic (exact) mass is 409 g/mol. The number of fused-ring (bicyclic) bond motifs is 5. The molecule has 0 radical (unpaired) electrons. The molecule has 2 saturated carbocycles. The molecule has 6 atom stereocenters. The molecule has 0 bridgehead atoms. The van der Waals surface area contributed by atoms with Crippen molar-refractivity contribution < 1.29 is 14.3 Å². The van der Waals surface area contributed by atoms with E-state index < -0.39 is 0 Å². The van der Waals surface area contributed by atoms with E-state index in [2.05, 4.69) is 30.1 Å². The molecule has 0 N–H and O–H groups in total. The van der Waals surface area contributed by atoms with Gasteiger partial charge in [0, 0.05) is 24.3 Å². The minimum atomic E-state index is -0.176. The number of allylic oxidation sites excluding steroid dienone is 3. The Balaban J connectivity index is 1.46. The third-order valence-corrected chi connectivity index (χ3v) is 8.83. The first kappa shape index (κ1) is 19.7. The zero-order valence-electron chi connectivity index (χ0n) is 18.1. The van der Waals surface area contributed by atoms with Gasteiger partial charge in [0.05, 0.1) is 18.1 Å². The van der Waals surface area contributed by atoms with Gasteiger partial charge in [-0.05, 0) is 61.7 Å². The molecule has 0 spiro atoms. The number of carbonyl (C=O) groups is 2. The molecule has 5 unspecified atom stereocenters. The lowest BCUT2D eigenvalue weighted by molar-refractivity contribution is -0.148. The lowest BCUT2D eigenvalue weighted by Gasteiger charge is -2.57. The maximum Gasteiger partial charge on any atom is 0.302 e. The van der Waals surface area contributed by atoms with Crippen LogP contribution in [0.1, 0.15) is 65.7 Å². The summed E-state index contributed by atoms with van der Waals surface area (Å²) in [6, 6.07) is 0. The molecule has 5 rings (SSSR count). The number of esters is 1. The Morgan fingerprint density at radius 2 is 1.87 bits per heavy atom. The van der Waals surface area contributed by atoms with Crippen LogP contribution in [0, 0.1) is 28.6 Å². The van der Waals surface area contributed by atoms with Crippen LogP contribution in [0.2, 0.25) is 0 Å². The van der Waals surface area contributed by atoms with Crippen molar-refractivity contribution in [1.82, 2.24) is 15.0 Å². The lowest BCUT2D eigenvalue weighted by atomic mass is 9.48. The zero-order chi connectivity index (χ0) is 21.1. The largest absolute Gasteiger partial charge is 0.462 e. The zero-order valence-corrected chi connectivity index (χ0v) is 18.1. The molecule has 1 aromatic rings. The van der Waals surface area contributed by atoms with E-state index in [1.165, 1.54) is 12.5 Å². The molecule has 0 aliphatic heterocycles. The van der Waals surface area contributed by atoms with Crippen molar-refractivity contribution in [2.24, 2.45) is 28.6 Å². The van der Waals surface area contributed by atoms with Crippen molar-refractivity contribution in [3.63, 3.8) is 0 Å². The molecule has 30 heavy (non-hydrogen) atoms. The van der Waals surface area contributed by atoms with Crippen LogP contribution in [-0.2, 0) is 14.3 Å². The predicted molar refractivity (Wildman–Crippen MR) is 112 cm³/mol. The second kappa shape index (κ2) is 6.89. The van der Waals surface area contributed by atoms with Gasteiger partial charge in [-0.1, -0.05) is 25.5 Å². The molecule has 4 aliphatic rings. The van der Waals surface area contributed by atoms with Gasteiger partial charge in [0.25, 0.3) is 0 Å². The van der Waals surface area contributed by atoms with E-state index in [4.69, 9.17) is 4.74 Å². The fourth-order valence-electron chi connectivity index (χ4n) is 7.45. The van der Waals surface area contributed by atoms with E-state index in [1.54, 1.807) is 17.2 Å². The fourth-order valence-corrected chi connectivity index (χ4v) is 7.45. The first-order valence-electron chi connectivity index (χ1n) is 11.3. The highest BCUT2D eigenvalue weighted by Gasteiger charge is 2.59. The van der Waals surface area contributed by atoms with Gasteiger partial charge in [-0.15, -0.1) is 0 Å². The Hall–Kier alpha value is -2.24. The van der Waals surface area contributed by atoms with E-state index in [9.17, 15) is 9.59 Å². The first-order chi connectivity index (χ1) is 14.4. The van der Waals surface area contributed by atoms with Crippen LogP contribution in [0.25, 0.3) is 5.70 Å². The average Bonchev–Trinajstić information content (AvgIpc) is 3.32. The van der Waals surface area contributed by atoms with Crippen LogP contribution in [0.15, 0.2) is 29.6 Å². The summed E-state index contributed by atoms with van der Waals surface area (Å²) < 4.78 is 5.55. The van der Waals surface area contributed by atoms with Gasteiger partial charge >= 0.3 is 5.97 Å². The SMILES string of the molecule is CC(=O)OC1CCC2(C)C(=CCC3C2CC[C@]2(C)C(n4nccn4)=C(C=O)CC32)C1. The predicted octanol–water partition coefficient (Wildman–Crippen LogP) is 4.19. The molecular formula is C24H31N3O3. The number of nitrogens with zero attached hydrogens (tertiary/aromatic N) is 3. The molecule has 4 aliphatic carbocycles. The number of hydrogen-bond acceptors (Lipinski definition) is 5. The summed E-state index contributed by atoms with van der Waals surface area (Å²) in [5.74, 6) is 1.44. The Labute approximate surface area is 177 Å². The lowest BCUT2D eigenvalue weighted by Crippen LogP contribution is -2.50. The fraction of sp³-hybridized carbons (Fsp3) is 0.667. The van der Waals surface area contributed by atoms with E-state index in [0.717, 1.165) is 62.5 Å². The van der Waals surface area contributed by atoms with Gasteiger partial charge in [-0.2, -0.15) is 15.0 Å². The van der Waals surface area contributed by atoms with E-state index in [-0.39, 0.29) is 22.9 Å². The van der Waals surface area contributed by atoms with E-state index in [0.29, 0.717) is 17.8 Å². The highest BCUT2D eigenvalue weighted by Crippen LogP contribution is 2.66. The van der Waals surface area contributed by atoms with Crippen molar-refractivity contribution in [3.8, 4) is 0 Å². The maximum atomic E-state index is 12.0. The van der Waals surface area contributed by atoms with Crippen LogP contribution in [0.5, 0.6) is 0 Å². The summed E-state index contributed by atoms with van der Waals surface area (Å²) in [5, 5.41) is 8.77. The normalized spacial score (nSPS) is 40.2. The van der Waals surface area contributed by atoms with E-state index >= 15 is 0 Å². The Bertz CT molecular complexity index is 934. The van der Waals surface area contributed by atoms with Gasteiger partial charge < -0.3 is 4.74 Å². The van der Waals surface area contributed by atoms with Gasteiger partial charge in [0.15, 0.2) is 0 Å². The minimum Gasteiger partial charge on any atom is -0.462 e. The molecular weight excluding hydrogens is 378 g/mol. The standard InChI is InChI=1S/C24H31N3O3/c1-15(29)30-18-6-8-23(2)17(13-18)4-5-19-20(23)7-9-24(3)21(19)12-16(14-28)22(24)27-25-10-11-26-27/h4,10-11,14,18-21H,5-9,12-13H2,1-3H3/t18?,19?,20?,21?,23?,24-/m0/s1. The third kappa shape index (κ3) is 2.75. The summed E-state index contributed by atoms with van der Waals surface area (Å²) in [6.07, 6.45) is 13.9. The molecule has 0 saturated heterocycles. The van der Waals surface area contributed by atoms with Gasteiger partial charge in [0.2, 0.25) is 0 Å². The second-order valence-electron chi connectivity index (χ2n) is 10.2. The average molecular weight is 410 g/mol. The number of hydrogen-bond donors (Lipinski definition) is 0. The quantitative estimate of drug-likeness (QED) is 0.425. The minimum absolute atomic E-state index is 0.0273. The van der Waals surface area contributed by atoms with Crippen LogP contribution < -0.4 is 0 Å². The van der Waals surface area contributed by atoms with Gasteiger partial charge in [-0.3, -0.25) is 9.59 Å². The topological polar surface area (TPSA) is 74.1 Å². The molecule has 6 heteroatoms. The Kier molecular flexibility index (Phi) is 4.53. The third-order valence-electron chi connectivity index (χ3n) is 8.83. The van der Waals surface area contributed by atoms with E-state index in [1.807, 2.05) is 0 Å². The maximum absolute atomic E-state index is 12.0. The number of aldehydes is 1. The molecule has 1 aromatic heterocycles. The van der Waals surface area contributed by atoms with Crippen LogP contribution in [-0.4, -0.2) is 33.4 Å². The van der Waals surface area contributed by atoms with Crippen LogP contribution >= 0.6 is 0 Å². The molecule has 6 nitrogen and oxygen atoms in total. The van der Waals surface area contributed by atoms with Crippen LogP contribution in [0.4, 0.5) is 0 Å². The molecule has 160 valence electrons. The number of aromatic nitrogens is 3. The van der Waals surface area contributed by atoms with Crippen molar-refractivity contribution in [2.75, 3.05) is 0 Å². The van der Waals surface area contributed by atoms with Crippen molar-refractivity contribution >= 4 is 18.0 Å². The van der Waals surface area contributed by atoms with Crippen molar-refractivity contribution in [2.45, 2.75) is 71.8 Å². The van der Waals surface area contributed by atoms with Crippen molar-refractivity contribution in [3.05, 3.63) is 29.6 Å². The summed E-state index contributed by atoms with van der Waals surface area (Å²) in [7, 11) is 0. The number of carbonyl (C=O) groups excluding carboxylic acids is 2. The highest BCUT2D eigenvalue weighted by molar-refractivity contribution is 5.86. The molecule has 0 amide bonds. The summed E-state index contributed by atoms with van der Waals surface area (Å²) >= 11 is 0. The number of ether oxygens (including phenoxy) is 1. The van der Waals surface area contributed by atoms with Crippen molar-refractivity contribution in [1.29, 1.82) is 0 Å². The summed E-state index contributed by atoms with van der Waals surface area (Å²) in [5.41, 5.74) is 3.49. The molecule has 1 heterocycles. The van der Waals surface area contributed by atoms with Crippen LogP contribution in [0.3, 0.4) is 0 Å². The summed E-state index contributed by atoms with van der Waals surface area (Å²) in [6.45, 7) is 6.26. The summed E-state index contributed by atoms with van der Waals surface area (Å²) in [4.78, 5) is 25.1.